The smallest absolute Gasteiger partial charge is 0.241 e. The van der Waals surface area contributed by atoms with Crippen LogP contribution in [-0.4, -0.2) is 27.7 Å². The summed E-state index contributed by atoms with van der Waals surface area (Å²) in [5.74, 6) is 0.444. The second-order valence-electron chi connectivity index (χ2n) is 5.54. The number of nitrogens with one attached hydrogen (secondary N) is 2. The van der Waals surface area contributed by atoms with E-state index in [0.717, 1.165) is 5.56 Å². The van der Waals surface area contributed by atoms with E-state index in [4.69, 9.17) is 9.47 Å². The fourth-order valence-corrected chi connectivity index (χ4v) is 3.40. The van der Waals surface area contributed by atoms with E-state index in [2.05, 4.69) is 10.0 Å². The molecule has 1 amide bonds. The second kappa shape index (κ2) is 7.12. The molecule has 1 aliphatic rings. The number of fused-ring (bicyclic) bond motifs is 1. The number of carbonyl (C=O) groups excluding carboxylic acids is 1. The van der Waals surface area contributed by atoms with Crippen molar-refractivity contribution in [2.45, 2.75) is 17.9 Å². The van der Waals surface area contributed by atoms with Gasteiger partial charge in [0.05, 0.1) is 17.5 Å². The molecular weight excluding hydrogens is 344 g/mol. The van der Waals surface area contributed by atoms with E-state index in [9.17, 15) is 13.2 Å². The number of sulfonamides is 1. The Kier molecular flexibility index (Phi) is 4.91. The van der Waals surface area contributed by atoms with Crippen molar-refractivity contribution < 1.29 is 22.7 Å². The molecule has 3 rings (SSSR count). The van der Waals surface area contributed by atoms with E-state index in [1.165, 1.54) is 18.2 Å². The summed E-state index contributed by atoms with van der Waals surface area (Å²) in [4.78, 5) is 12.0. The monoisotopic (exact) mass is 362 g/mol. The summed E-state index contributed by atoms with van der Waals surface area (Å²) in [6.07, 6.45) is 0. The zero-order chi connectivity index (χ0) is 17.9. The molecule has 0 fully saturated rings. The van der Waals surface area contributed by atoms with Gasteiger partial charge in [-0.3, -0.25) is 4.79 Å². The summed E-state index contributed by atoms with van der Waals surface area (Å²) in [5, 5.41) is 2.75. The topological polar surface area (TPSA) is 93.7 Å². The first-order valence-electron chi connectivity index (χ1n) is 7.69. The van der Waals surface area contributed by atoms with Gasteiger partial charge in [-0.15, -0.1) is 0 Å². The maximum absolute atomic E-state index is 12.3. The third-order valence-electron chi connectivity index (χ3n) is 3.75. The van der Waals surface area contributed by atoms with E-state index in [0.29, 0.717) is 11.5 Å². The number of carbonyl (C=O) groups is 1. The average Bonchev–Trinajstić information content (AvgIpc) is 3.08. The lowest BCUT2D eigenvalue weighted by Gasteiger charge is -2.14. The molecule has 0 bridgehead atoms. The van der Waals surface area contributed by atoms with E-state index in [1.807, 2.05) is 37.3 Å². The Balaban J connectivity index is 1.59. The molecule has 0 saturated carbocycles. The third-order valence-corrected chi connectivity index (χ3v) is 5.15. The summed E-state index contributed by atoms with van der Waals surface area (Å²) in [6.45, 7) is 1.54. The summed E-state index contributed by atoms with van der Waals surface area (Å²) >= 11 is 0. The summed E-state index contributed by atoms with van der Waals surface area (Å²) in [6, 6.07) is 13.5. The molecule has 8 heteroatoms. The Hall–Kier alpha value is -2.58. The molecule has 0 aliphatic carbocycles. The Labute approximate surface area is 146 Å². The van der Waals surface area contributed by atoms with Gasteiger partial charge in [-0.25, -0.2) is 13.1 Å². The van der Waals surface area contributed by atoms with Crippen LogP contribution in [0.25, 0.3) is 0 Å². The number of ether oxygens (including phenoxy) is 2. The molecule has 2 aromatic rings. The van der Waals surface area contributed by atoms with Crippen molar-refractivity contribution in [2.24, 2.45) is 0 Å². The molecule has 2 aromatic carbocycles. The molecule has 0 radical (unpaired) electrons. The third kappa shape index (κ3) is 4.09. The van der Waals surface area contributed by atoms with E-state index in [-0.39, 0.29) is 24.3 Å². The van der Waals surface area contributed by atoms with Crippen molar-refractivity contribution in [3.63, 3.8) is 0 Å². The molecule has 0 aromatic heterocycles. The fourth-order valence-electron chi connectivity index (χ4n) is 2.41. The first-order valence-corrected chi connectivity index (χ1v) is 9.17. The van der Waals surface area contributed by atoms with Gasteiger partial charge in [-0.05, 0) is 24.6 Å². The number of rotatable bonds is 6. The maximum Gasteiger partial charge on any atom is 0.241 e. The van der Waals surface area contributed by atoms with Crippen molar-refractivity contribution in [1.82, 2.24) is 10.0 Å². The fraction of sp³-hybridized carbons (Fsp3) is 0.235. The lowest BCUT2D eigenvalue weighted by molar-refractivity contribution is -0.120. The molecule has 0 saturated heterocycles. The van der Waals surface area contributed by atoms with Crippen molar-refractivity contribution in [2.75, 3.05) is 13.3 Å². The van der Waals surface area contributed by atoms with Crippen LogP contribution in [0.4, 0.5) is 0 Å². The van der Waals surface area contributed by atoms with Gasteiger partial charge < -0.3 is 14.8 Å². The normalized spacial score (nSPS) is 14.1. The average molecular weight is 362 g/mol. The number of benzene rings is 2. The van der Waals surface area contributed by atoms with E-state index < -0.39 is 15.9 Å². The van der Waals surface area contributed by atoms with Crippen LogP contribution in [0.15, 0.2) is 53.4 Å². The van der Waals surface area contributed by atoms with Crippen molar-refractivity contribution in [3.05, 3.63) is 54.1 Å². The zero-order valence-corrected chi connectivity index (χ0v) is 14.4. The molecule has 1 aliphatic heterocycles. The molecule has 0 spiro atoms. The van der Waals surface area contributed by atoms with E-state index >= 15 is 0 Å². The van der Waals surface area contributed by atoms with Crippen molar-refractivity contribution in [3.8, 4) is 11.5 Å². The minimum atomic E-state index is -3.82. The number of hydrogen-bond acceptors (Lipinski definition) is 5. The van der Waals surface area contributed by atoms with Crippen LogP contribution < -0.4 is 19.5 Å². The number of amides is 1. The SMILES string of the molecule is CC(NC(=O)CNS(=O)(=O)c1ccc2c(c1)OCO2)c1ccccc1. The maximum atomic E-state index is 12.3. The van der Waals surface area contributed by atoms with Gasteiger partial charge in [0.25, 0.3) is 0 Å². The van der Waals surface area contributed by atoms with Gasteiger partial charge >= 0.3 is 0 Å². The van der Waals surface area contributed by atoms with Crippen LogP contribution in [0.2, 0.25) is 0 Å². The first kappa shape index (κ1) is 17.2. The Bertz CT molecular complexity index is 868. The Morgan fingerprint density at radius 3 is 2.60 bits per heavy atom. The van der Waals surface area contributed by atoms with Crippen molar-refractivity contribution >= 4 is 15.9 Å². The molecular formula is C17H18N2O5S. The Morgan fingerprint density at radius 1 is 1.12 bits per heavy atom. The highest BCUT2D eigenvalue weighted by atomic mass is 32.2. The van der Waals surface area contributed by atoms with Gasteiger partial charge in [0, 0.05) is 6.07 Å². The van der Waals surface area contributed by atoms with Gasteiger partial charge in [-0.1, -0.05) is 30.3 Å². The molecule has 1 atom stereocenters. The van der Waals surface area contributed by atoms with Crippen LogP contribution in [0.3, 0.4) is 0 Å². The minimum Gasteiger partial charge on any atom is -0.454 e. The van der Waals surface area contributed by atoms with Gasteiger partial charge in [-0.2, -0.15) is 0 Å². The van der Waals surface area contributed by atoms with E-state index in [1.54, 1.807) is 0 Å². The first-order chi connectivity index (χ1) is 12.0. The highest BCUT2D eigenvalue weighted by molar-refractivity contribution is 7.89. The lowest BCUT2D eigenvalue weighted by atomic mass is 10.1. The molecule has 7 nitrogen and oxygen atoms in total. The van der Waals surface area contributed by atoms with Crippen LogP contribution in [0.1, 0.15) is 18.5 Å². The Morgan fingerprint density at radius 2 is 1.84 bits per heavy atom. The minimum absolute atomic E-state index is 0.0145. The number of hydrogen-bond donors (Lipinski definition) is 2. The zero-order valence-electron chi connectivity index (χ0n) is 13.6. The van der Waals surface area contributed by atoms with Crippen LogP contribution >= 0.6 is 0 Å². The second-order valence-corrected chi connectivity index (χ2v) is 7.31. The van der Waals surface area contributed by atoms with Crippen LogP contribution in [0.5, 0.6) is 11.5 Å². The van der Waals surface area contributed by atoms with Crippen LogP contribution in [-0.2, 0) is 14.8 Å². The lowest BCUT2D eigenvalue weighted by Crippen LogP contribution is -2.38. The highest BCUT2D eigenvalue weighted by Gasteiger charge is 2.21. The van der Waals surface area contributed by atoms with Crippen LogP contribution in [0, 0.1) is 0 Å². The largest absolute Gasteiger partial charge is 0.454 e. The van der Waals surface area contributed by atoms with Gasteiger partial charge in [0.15, 0.2) is 11.5 Å². The van der Waals surface area contributed by atoms with Crippen molar-refractivity contribution in [1.29, 1.82) is 0 Å². The molecule has 132 valence electrons. The summed E-state index contributed by atoms with van der Waals surface area (Å²) < 4.78 is 37.2. The standard InChI is InChI=1S/C17H18N2O5S/c1-12(13-5-3-2-4-6-13)19-17(20)10-18-25(21,22)14-7-8-15-16(9-14)24-11-23-15/h2-9,12,18H,10-11H2,1H3,(H,19,20). The summed E-state index contributed by atoms with van der Waals surface area (Å²) in [7, 11) is -3.82. The molecule has 1 heterocycles. The van der Waals surface area contributed by atoms with Gasteiger partial charge in [0.2, 0.25) is 22.7 Å². The molecule has 2 N–H and O–H groups in total. The highest BCUT2D eigenvalue weighted by Crippen LogP contribution is 2.33. The summed E-state index contributed by atoms with van der Waals surface area (Å²) in [5.41, 5.74) is 0.939. The van der Waals surface area contributed by atoms with Gasteiger partial charge in [0.1, 0.15) is 0 Å². The predicted octanol–water partition coefficient (Wildman–Crippen LogP) is 1.57. The quantitative estimate of drug-likeness (QED) is 0.814. The molecule has 25 heavy (non-hydrogen) atoms. The predicted molar refractivity (Wildman–Crippen MR) is 90.8 cm³/mol. The molecule has 1 unspecified atom stereocenters.